The Morgan fingerprint density at radius 1 is 0.484 bits per heavy atom. The summed E-state index contributed by atoms with van der Waals surface area (Å²) >= 11 is 0. The monoisotopic (exact) mass is 424 g/mol. The zero-order valence-electron chi connectivity index (χ0n) is 19.9. The number of hydrogen-bond acceptors (Lipinski definition) is 2. The number of nitrogen functional groups attached to an aromatic ring is 2. The number of unbranched alkanes of at least 4 members (excludes halogenated alkanes) is 4. The van der Waals surface area contributed by atoms with E-state index in [4.69, 9.17) is 11.5 Å². The molecule has 0 atom stereocenters. The summed E-state index contributed by atoms with van der Waals surface area (Å²) in [5.74, 6) is 0. The third-order valence-corrected chi connectivity index (χ3v) is 6.23. The summed E-state index contributed by atoms with van der Waals surface area (Å²) in [5, 5.41) is 0. The standard InChI is InChI=1S/C28H44N2.CH4/c1-5-9-13-21-17-25(18-22(27(21)29)14-10-6-2)26-19-23(15-11-7-3)28(30)24(20-26)16-12-8-4;/h17-20H,5-16,29-30H2,1-4H3;1H4. The van der Waals surface area contributed by atoms with Crippen LogP contribution in [0.5, 0.6) is 0 Å². The van der Waals surface area contributed by atoms with Gasteiger partial charge in [0.2, 0.25) is 0 Å². The Labute approximate surface area is 192 Å². The number of aryl methyl sites for hydroxylation is 4. The lowest BCUT2D eigenvalue weighted by Crippen LogP contribution is -2.04. The van der Waals surface area contributed by atoms with E-state index in [1.165, 1.54) is 84.7 Å². The van der Waals surface area contributed by atoms with Gasteiger partial charge in [-0.2, -0.15) is 0 Å². The summed E-state index contributed by atoms with van der Waals surface area (Å²) in [5.41, 5.74) is 23.2. The van der Waals surface area contributed by atoms with Crippen molar-refractivity contribution in [2.24, 2.45) is 0 Å². The summed E-state index contributed by atoms with van der Waals surface area (Å²) in [7, 11) is 0. The lowest BCUT2D eigenvalue weighted by molar-refractivity contribution is 0.782. The number of benzene rings is 2. The van der Waals surface area contributed by atoms with Gasteiger partial charge in [-0.3, -0.25) is 0 Å². The molecule has 0 fully saturated rings. The maximum Gasteiger partial charge on any atom is 0.0379 e. The number of rotatable bonds is 13. The number of hydrogen-bond donors (Lipinski definition) is 2. The molecule has 0 saturated carbocycles. The molecule has 0 radical (unpaired) electrons. The van der Waals surface area contributed by atoms with Crippen molar-refractivity contribution in [3.8, 4) is 11.1 Å². The molecular formula is C29H48N2. The molecule has 0 saturated heterocycles. The fraction of sp³-hybridized carbons (Fsp3) is 0.586. The van der Waals surface area contributed by atoms with Gasteiger partial charge in [0.15, 0.2) is 0 Å². The van der Waals surface area contributed by atoms with Crippen LogP contribution in [-0.4, -0.2) is 0 Å². The highest BCUT2D eigenvalue weighted by Crippen LogP contribution is 2.34. The molecule has 2 heteroatoms. The van der Waals surface area contributed by atoms with Crippen molar-refractivity contribution in [3.05, 3.63) is 46.5 Å². The smallest absolute Gasteiger partial charge is 0.0379 e. The molecule has 0 aromatic heterocycles. The van der Waals surface area contributed by atoms with Crippen LogP contribution in [-0.2, 0) is 25.7 Å². The van der Waals surface area contributed by atoms with E-state index in [-0.39, 0.29) is 7.43 Å². The fourth-order valence-corrected chi connectivity index (χ4v) is 4.19. The summed E-state index contributed by atoms with van der Waals surface area (Å²) < 4.78 is 0. The first-order valence-electron chi connectivity index (χ1n) is 12.4. The first kappa shape index (κ1) is 27.1. The van der Waals surface area contributed by atoms with Crippen molar-refractivity contribution >= 4 is 11.4 Å². The van der Waals surface area contributed by atoms with Crippen LogP contribution in [0.2, 0.25) is 0 Å². The maximum atomic E-state index is 6.61. The Hall–Kier alpha value is -1.96. The second kappa shape index (κ2) is 14.2. The fourth-order valence-electron chi connectivity index (χ4n) is 4.19. The van der Waals surface area contributed by atoms with E-state index >= 15 is 0 Å². The highest BCUT2D eigenvalue weighted by molar-refractivity contribution is 5.74. The minimum Gasteiger partial charge on any atom is -0.398 e. The Bertz CT molecular complexity index is 666. The van der Waals surface area contributed by atoms with Crippen LogP contribution >= 0.6 is 0 Å². The van der Waals surface area contributed by atoms with Crippen LogP contribution in [0.4, 0.5) is 11.4 Å². The van der Waals surface area contributed by atoms with Gasteiger partial charge in [0.25, 0.3) is 0 Å². The van der Waals surface area contributed by atoms with Crippen molar-refractivity contribution in [2.45, 2.75) is 112 Å². The van der Waals surface area contributed by atoms with Crippen LogP contribution in [0, 0.1) is 0 Å². The Kier molecular flexibility index (Phi) is 12.4. The van der Waals surface area contributed by atoms with Gasteiger partial charge in [-0.15, -0.1) is 0 Å². The van der Waals surface area contributed by atoms with E-state index in [9.17, 15) is 0 Å². The quantitative estimate of drug-likeness (QED) is 0.316. The van der Waals surface area contributed by atoms with Gasteiger partial charge in [-0.1, -0.05) is 60.8 Å². The van der Waals surface area contributed by atoms with Gasteiger partial charge in [-0.05, 0) is 109 Å². The van der Waals surface area contributed by atoms with Gasteiger partial charge < -0.3 is 11.5 Å². The minimum absolute atomic E-state index is 0. The normalized spacial score (nSPS) is 10.8. The van der Waals surface area contributed by atoms with E-state index < -0.39 is 0 Å². The molecule has 2 rings (SSSR count). The van der Waals surface area contributed by atoms with Crippen LogP contribution in [0.25, 0.3) is 11.1 Å². The number of anilines is 2. The molecule has 0 unspecified atom stereocenters. The average molecular weight is 425 g/mol. The SMILES string of the molecule is C.CCCCc1cc(-c2cc(CCCC)c(N)c(CCCC)c2)cc(CCCC)c1N. The molecule has 0 bridgehead atoms. The van der Waals surface area contributed by atoms with Gasteiger partial charge >= 0.3 is 0 Å². The van der Waals surface area contributed by atoms with Gasteiger partial charge in [0, 0.05) is 11.4 Å². The van der Waals surface area contributed by atoms with Gasteiger partial charge in [0.05, 0.1) is 0 Å². The van der Waals surface area contributed by atoms with E-state index in [1.807, 2.05) is 0 Å². The zero-order chi connectivity index (χ0) is 21.9. The summed E-state index contributed by atoms with van der Waals surface area (Å²) in [6.07, 6.45) is 13.8. The first-order valence-corrected chi connectivity index (χ1v) is 12.4. The molecule has 0 aliphatic rings. The zero-order valence-corrected chi connectivity index (χ0v) is 19.9. The van der Waals surface area contributed by atoms with Crippen molar-refractivity contribution in [1.82, 2.24) is 0 Å². The largest absolute Gasteiger partial charge is 0.398 e. The predicted molar refractivity (Wildman–Crippen MR) is 142 cm³/mol. The van der Waals surface area contributed by atoms with E-state index in [2.05, 4.69) is 52.0 Å². The summed E-state index contributed by atoms with van der Waals surface area (Å²) in [4.78, 5) is 0. The summed E-state index contributed by atoms with van der Waals surface area (Å²) in [6, 6.07) is 9.39. The molecule has 0 aliphatic carbocycles. The Balaban J connectivity index is 0.00000480. The molecule has 2 aromatic carbocycles. The molecule has 0 heterocycles. The van der Waals surface area contributed by atoms with E-state index in [0.717, 1.165) is 37.1 Å². The van der Waals surface area contributed by atoms with E-state index in [1.54, 1.807) is 0 Å². The lowest BCUT2D eigenvalue weighted by Gasteiger charge is -2.18. The molecular weight excluding hydrogens is 376 g/mol. The van der Waals surface area contributed by atoms with Crippen LogP contribution in [0.1, 0.15) is 109 Å². The second-order valence-corrected chi connectivity index (χ2v) is 8.83. The molecule has 174 valence electrons. The van der Waals surface area contributed by atoms with Crippen molar-refractivity contribution < 1.29 is 0 Å². The Morgan fingerprint density at radius 3 is 0.903 bits per heavy atom. The molecule has 2 aromatic rings. The van der Waals surface area contributed by atoms with Crippen molar-refractivity contribution in [1.29, 1.82) is 0 Å². The Morgan fingerprint density at radius 2 is 0.710 bits per heavy atom. The predicted octanol–water partition coefficient (Wildman–Crippen LogP) is 8.52. The van der Waals surface area contributed by atoms with Crippen LogP contribution in [0.15, 0.2) is 24.3 Å². The topological polar surface area (TPSA) is 52.0 Å². The van der Waals surface area contributed by atoms with Gasteiger partial charge in [-0.25, -0.2) is 0 Å². The summed E-state index contributed by atoms with van der Waals surface area (Å²) in [6.45, 7) is 8.99. The average Bonchev–Trinajstić information content (AvgIpc) is 2.76. The lowest BCUT2D eigenvalue weighted by atomic mass is 9.89. The number of nitrogens with two attached hydrogens (primary N) is 2. The molecule has 31 heavy (non-hydrogen) atoms. The third kappa shape index (κ3) is 7.59. The maximum absolute atomic E-state index is 6.61. The van der Waals surface area contributed by atoms with Crippen molar-refractivity contribution in [2.75, 3.05) is 11.5 Å². The first-order chi connectivity index (χ1) is 14.5. The van der Waals surface area contributed by atoms with E-state index in [0.29, 0.717) is 0 Å². The highest BCUT2D eigenvalue weighted by Gasteiger charge is 2.13. The molecule has 4 N–H and O–H groups in total. The molecule has 0 spiro atoms. The molecule has 0 aliphatic heterocycles. The third-order valence-electron chi connectivity index (χ3n) is 6.23. The van der Waals surface area contributed by atoms with Gasteiger partial charge in [0.1, 0.15) is 0 Å². The highest BCUT2D eigenvalue weighted by atomic mass is 14.6. The molecule has 2 nitrogen and oxygen atoms in total. The second-order valence-electron chi connectivity index (χ2n) is 8.83. The van der Waals surface area contributed by atoms with Crippen LogP contribution < -0.4 is 11.5 Å². The molecule has 0 amide bonds. The minimum atomic E-state index is 0. The van der Waals surface area contributed by atoms with Crippen molar-refractivity contribution in [3.63, 3.8) is 0 Å². The van der Waals surface area contributed by atoms with Crippen LogP contribution in [0.3, 0.4) is 0 Å².